The van der Waals surface area contributed by atoms with Crippen LogP contribution >= 0.6 is 0 Å². The van der Waals surface area contributed by atoms with Crippen LogP contribution in [0.2, 0.25) is 0 Å². The molecule has 0 unspecified atom stereocenters. The average Bonchev–Trinajstić information content (AvgIpc) is 1.85. The summed E-state index contributed by atoms with van der Waals surface area (Å²) in [5.74, 6) is -0.480. The predicted octanol–water partition coefficient (Wildman–Crippen LogP) is -0.586. The highest BCUT2D eigenvalue weighted by atomic mass is 16.6. The first-order valence-corrected chi connectivity index (χ1v) is 2.68. The maximum atomic E-state index is 10.3. The number of ether oxygens (including phenoxy) is 1. The van der Waals surface area contributed by atoms with Crippen molar-refractivity contribution in [2.75, 3.05) is 13.4 Å². The summed E-state index contributed by atoms with van der Waals surface area (Å²) in [4.78, 5) is 10.3. The monoisotopic (exact) mass is 151 g/mol. The molecule has 0 rings (SSSR count). The minimum atomic E-state index is -0.579. The number of hydrogen-bond donors (Lipinski definition) is 3. The number of carbonyl (C=O) groups is 1. The van der Waals surface area contributed by atoms with Crippen molar-refractivity contribution in [3.05, 3.63) is 0 Å². The quantitative estimate of drug-likeness (QED) is 0.368. The summed E-state index contributed by atoms with van der Waals surface area (Å²) in [6.45, 7) is -0.606. The molecule has 0 spiro atoms. The SMILES string of the molecule is N.O=C(CCCO)OCO. The minimum absolute atomic E-state index is 0. The maximum Gasteiger partial charge on any atom is 0.307 e. The summed E-state index contributed by atoms with van der Waals surface area (Å²) in [5.41, 5.74) is 0. The molecule has 5 nitrogen and oxygen atoms in total. The lowest BCUT2D eigenvalue weighted by atomic mass is 10.3. The van der Waals surface area contributed by atoms with Crippen LogP contribution in [0.3, 0.4) is 0 Å². The molecule has 0 radical (unpaired) electrons. The molecule has 0 saturated carbocycles. The fourth-order valence-corrected chi connectivity index (χ4v) is 0.368. The van der Waals surface area contributed by atoms with Gasteiger partial charge >= 0.3 is 5.97 Å². The zero-order valence-electron chi connectivity index (χ0n) is 5.75. The molecule has 5 heteroatoms. The van der Waals surface area contributed by atoms with Gasteiger partial charge in [-0.3, -0.25) is 4.79 Å². The van der Waals surface area contributed by atoms with E-state index in [9.17, 15) is 4.79 Å². The third-order valence-corrected chi connectivity index (χ3v) is 0.765. The Bertz CT molecular complexity index is 85.7. The molecular formula is C5H13NO4. The molecule has 10 heavy (non-hydrogen) atoms. The van der Waals surface area contributed by atoms with Crippen molar-refractivity contribution < 1.29 is 19.7 Å². The van der Waals surface area contributed by atoms with Crippen molar-refractivity contribution in [2.45, 2.75) is 12.8 Å². The summed E-state index contributed by atoms with van der Waals surface area (Å²) in [6, 6.07) is 0. The fraction of sp³-hybridized carbons (Fsp3) is 0.800. The van der Waals surface area contributed by atoms with E-state index in [-0.39, 0.29) is 19.2 Å². The molecule has 0 aromatic carbocycles. The van der Waals surface area contributed by atoms with Crippen LogP contribution in [-0.2, 0) is 9.53 Å². The molecule has 0 amide bonds. The Morgan fingerprint density at radius 3 is 2.40 bits per heavy atom. The van der Waals surface area contributed by atoms with Gasteiger partial charge in [-0.05, 0) is 6.42 Å². The molecule has 62 valence electrons. The lowest BCUT2D eigenvalue weighted by Gasteiger charge is -1.96. The molecule has 0 bridgehead atoms. The lowest BCUT2D eigenvalue weighted by molar-refractivity contribution is -0.152. The summed E-state index contributed by atoms with van der Waals surface area (Å²) < 4.78 is 4.15. The van der Waals surface area contributed by atoms with Crippen LogP contribution in [0.15, 0.2) is 0 Å². The van der Waals surface area contributed by atoms with Crippen molar-refractivity contribution in [1.82, 2.24) is 6.15 Å². The Morgan fingerprint density at radius 2 is 2.00 bits per heavy atom. The van der Waals surface area contributed by atoms with Gasteiger partial charge in [0.1, 0.15) is 0 Å². The molecule has 0 aliphatic heterocycles. The molecule has 0 aliphatic rings. The van der Waals surface area contributed by atoms with E-state index in [0.717, 1.165) is 0 Å². The molecule has 0 aliphatic carbocycles. The molecule has 0 aromatic heterocycles. The molecule has 0 saturated heterocycles. The topological polar surface area (TPSA) is 102 Å². The molecule has 0 atom stereocenters. The molecule has 0 fully saturated rings. The van der Waals surface area contributed by atoms with Gasteiger partial charge in [-0.15, -0.1) is 0 Å². The highest BCUT2D eigenvalue weighted by Crippen LogP contribution is 1.89. The number of hydrogen-bond acceptors (Lipinski definition) is 5. The third-order valence-electron chi connectivity index (χ3n) is 0.765. The first kappa shape index (κ1) is 12.1. The van der Waals surface area contributed by atoms with Crippen molar-refractivity contribution in [1.29, 1.82) is 0 Å². The Labute approximate surface area is 59.2 Å². The minimum Gasteiger partial charge on any atom is -0.439 e. The molecule has 0 heterocycles. The van der Waals surface area contributed by atoms with Crippen molar-refractivity contribution in [3.63, 3.8) is 0 Å². The molecule has 5 N–H and O–H groups in total. The molecule has 0 aromatic rings. The van der Waals surface area contributed by atoms with Gasteiger partial charge in [0.15, 0.2) is 6.79 Å². The first-order chi connectivity index (χ1) is 4.31. The van der Waals surface area contributed by atoms with Crippen LogP contribution in [0.5, 0.6) is 0 Å². The van der Waals surface area contributed by atoms with Gasteiger partial charge in [0.25, 0.3) is 0 Å². The predicted molar refractivity (Wildman–Crippen MR) is 34.5 cm³/mol. The zero-order valence-corrected chi connectivity index (χ0v) is 5.75. The van der Waals surface area contributed by atoms with Gasteiger partial charge in [0.05, 0.1) is 0 Å². The highest BCUT2D eigenvalue weighted by molar-refractivity contribution is 5.69. The number of aliphatic hydroxyl groups is 2. The van der Waals surface area contributed by atoms with Crippen LogP contribution in [0.1, 0.15) is 12.8 Å². The second kappa shape index (κ2) is 8.35. The van der Waals surface area contributed by atoms with Crippen LogP contribution in [0, 0.1) is 0 Å². The number of esters is 1. The smallest absolute Gasteiger partial charge is 0.307 e. The summed E-state index contributed by atoms with van der Waals surface area (Å²) >= 11 is 0. The Kier molecular flexibility index (Phi) is 10.1. The van der Waals surface area contributed by atoms with Gasteiger partial charge in [0.2, 0.25) is 0 Å². The van der Waals surface area contributed by atoms with E-state index in [1.165, 1.54) is 0 Å². The van der Waals surface area contributed by atoms with Gasteiger partial charge in [-0.1, -0.05) is 0 Å². The van der Waals surface area contributed by atoms with Gasteiger partial charge < -0.3 is 21.1 Å². The van der Waals surface area contributed by atoms with E-state index in [0.29, 0.717) is 6.42 Å². The molecular weight excluding hydrogens is 138 g/mol. The second-order valence-corrected chi connectivity index (χ2v) is 1.47. The van der Waals surface area contributed by atoms with E-state index >= 15 is 0 Å². The normalized spacial score (nSPS) is 8.20. The lowest BCUT2D eigenvalue weighted by Crippen LogP contribution is -2.05. The Hall–Kier alpha value is -0.650. The average molecular weight is 151 g/mol. The van der Waals surface area contributed by atoms with Crippen molar-refractivity contribution >= 4 is 5.97 Å². The largest absolute Gasteiger partial charge is 0.439 e. The van der Waals surface area contributed by atoms with Crippen LogP contribution in [0.4, 0.5) is 0 Å². The standard InChI is InChI=1S/C5H10O4.H3N/c6-3-1-2-5(8)9-4-7;/h6-7H,1-4H2;1H3. The Balaban J connectivity index is 0. The van der Waals surface area contributed by atoms with E-state index < -0.39 is 12.8 Å². The van der Waals surface area contributed by atoms with E-state index in [1.54, 1.807) is 0 Å². The summed E-state index contributed by atoms with van der Waals surface area (Å²) in [7, 11) is 0. The number of carbonyl (C=O) groups excluding carboxylic acids is 1. The highest BCUT2D eigenvalue weighted by Gasteiger charge is 1.98. The third kappa shape index (κ3) is 7.35. The second-order valence-electron chi connectivity index (χ2n) is 1.47. The maximum absolute atomic E-state index is 10.3. The van der Waals surface area contributed by atoms with E-state index in [2.05, 4.69) is 4.74 Å². The van der Waals surface area contributed by atoms with Crippen LogP contribution in [-0.4, -0.2) is 29.6 Å². The zero-order chi connectivity index (χ0) is 7.11. The van der Waals surface area contributed by atoms with Crippen LogP contribution in [0.25, 0.3) is 0 Å². The van der Waals surface area contributed by atoms with Crippen molar-refractivity contribution in [2.24, 2.45) is 0 Å². The first-order valence-electron chi connectivity index (χ1n) is 2.68. The van der Waals surface area contributed by atoms with E-state index in [1.807, 2.05) is 0 Å². The summed E-state index contributed by atoms with van der Waals surface area (Å²) in [6.07, 6.45) is 0.551. The van der Waals surface area contributed by atoms with Gasteiger partial charge in [0, 0.05) is 13.0 Å². The van der Waals surface area contributed by atoms with Gasteiger partial charge in [-0.25, -0.2) is 0 Å². The van der Waals surface area contributed by atoms with Crippen molar-refractivity contribution in [3.8, 4) is 0 Å². The van der Waals surface area contributed by atoms with Crippen LogP contribution < -0.4 is 6.15 Å². The fourth-order valence-electron chi connectivity index (χ4n) is 0.368. The van der Waals surface area contributed by atoms with E-state index in [4.69, 9.17) is 10.2 Å². The number of aliphatic hydroxyl groups excluding tert-OH is 2. The van der Waals surface area contributed by atoms with Gasteiger partial charge in [-0.2, -0.15) is 0 Å². The number of rotatable bonds is 4. The Morgan fingerprint density at radius 1 is 1.40 bits per heavy atom. The summed E-state index contributed by atoms with van der Waals surface area (Å²) in [5, 5.41) is 16.2.